The monoisotopic (exact) mass is 286 g/mol. The van der Waals surface area contributed by atoms with E-state index in [1.54, 1.807) is 6.20 Å². The van der Waals surface area contributed by atoms with E-state index in [0.717, 1.165) is 5.56 Å². The summed E-state index contributed by atoms with van der Waals surface area (Å²) >= 11 is 0. The highest BCUT2D eigenvalue weighted by atomic mass is 16.6. The Bertz CT molecular complexity index is 643. The van der Waals surface area contributed by atoms with Gasteiger partial charge in [0.2, 0.25) is 5.89 Å². The number of rotatable bonds is 3. The average Bonchev–Trinajstić information content (AvgIpc) is 3.08. The van der Waals surface area contributed by atoms with Crippen LogP contribution < -0.4 is 5.32 Å². The molecule has 1 aromatic heterocycles. The lowest BCUT2D eigenvalue weighted by Crippen LogP contribution is -2.27. The van der Waals surface area contributed by atoms with Gasteiger partial charge in [0.05, 0.1) is 6.20 Å². The van der Waals surface area contributed by atoms with Crippen molar-refractivity contribution in [3.63, 3.8) is 0 Å². The van der Waals surface area contributed by atoms with Gasteiger partial charge in [0.15, 0.2) is 5.76 Å². The second-order valence-electron chi connectivity index (χ2n) is 6.08. The molecular weight excluding hydrogens is 268 g/mol. The van der Waals surface area contributed by atoms with Crippen molar-refractivity contribution in [2.24, 2.45) is 0 Å². The molecule has 21 heavy (non-hydrogen) atoms. The number of benzene rings is 1. The van der Waals surface area contributed by atoms with E-state index in [0.29, 0.717) is 11.7 Å². The summed E-state index contributed by atoms with van der Waals surface area (Å²) < 4.78 is 11.1. The van der Waals surface area contributed by atoms with E-state index in [1.807, 2.05) is 51.1 Å². The molecule has 1 saturated heterocycles. The molecule has 5 nitrogen and oxygen atoms in total. The van der Waals surface area contributed by atoms with Crippen molar-refractivity contribution in [3.05, 3.63) is 42.4 Å². The van der Waals surface area contributed by atoms with E-state index in [1.165, 1.54) is 0 Å². The van der Waals surface area contributed by atoms with Crippen LogP contribution in [0.1, 0.15) is 32.7 Å². The number of aromatic nitrogens is 1. The van der Waals surface area contributed by atoms with Gasteiger partial charge >= 0.3 is 5.97 Å². The Balaban J connectivity index is 1.68. The average molecular weight is 286 g/mol. The topological polar surface area (TPSA) is 74.3 Å². The van der Waals surface area contributed by atoms with E-state index < -0.39 is 5.60 Å². The van der Waals surface area contributed by atoms with Crippen molar-refractivity contribution in [2.75, 3.05) is 0 Å². The third-order valence-electron chi connectivity index (χ3n) is 3.09. The van der Waals surface area contributed by atoms with Gasteiger partial charge in [-0.3, -0.25) is 10.1 Å². The molecule has 2 aromatic rings. The molecule has 0 aliphatic carbocycles. The number of hydrogen-bond donors (Lipinski definition) is 1. The van der Waals surface area contributed by atoms with Crippen molar-refractivity contribution in [2.45, 2.75) is 38.5 Å². The van der Waals surface area contributed by atoms with Crippen molar-refractivity contribution in [3.8, 4) is 11.3 Å². The third-order valence-corrected chi connectivity index (χ3v) is 3.09. The Hall–Kier alpha value is -2.14. The van der Waals surface area contributed by atoms with Crippen LogP contribution in [-0.2, 0) is 9.53 Å². The fraction of sp³-hybridized carbons (Fsp3) is 0.375. The summed E-state index contributed by atoms with van der Waals surface area (Å²) in [5.74, 6) is 0.943. The van der Waals surface area contributed by atoms with Crippen LogP contribution >= 0.6 is 0 Å². The Kier molecular flexibility index (Phi) is 3.29. The van der Waals surface area contributed by atoms with E-state index in [4.69, 9.17) is 9.15 Å². The standard InChI is InChI=1S/C16H18N2O3/c1-16(2,3)21-15(19)13-12(18-13)14-17-9-11(20-14)10-7-5-4-6-8-10/h4-9,12-13,18H,1-3H3/t12-,13-/m1/s1. The summed E-state index contributed by atoms with van der Waals surface area (Å²) in [5, 5.41) is 3.04. The molecule has 1 fully saturated rings. The maximum absolute atomic E-state index is 11.9. The van der Waals surface area contributed by atoms with Crippen molar-refractivity contribution in [1.29, 1.82) is 0 Å². The molecule has 1 aliphatic rings. The molecule has 1 aromatic carbocycles. The minimum atomic E-state index is -0.488. The minimum Gasteiger partial charge on any atom is -0.459 e. The van der Waals surface area contributed by atoms with E-state index in [9.17, 15) is 4.79 Å². The van der Waals surface area contributed by atoms with Gasteiger partial charge in [-0.1, -0.05) is 30.3 Å². The second kappa shape index (κ2) is 5.00. The first-order chi connectivity index (χ1) is 9.94. The Morgan fingerprint density at radius 3 is 2.67 bits per heavy atom. The number of nitrogens with zero attached hydrogens (tertiary/aromatic N) is 1. The van der Waals surface area contributed by atoms with Crippen LogP contribution in [0.3, 0.4) is 0 Å². The molecule has 0 spiro atoms. The Labute approximate surface area is 123 Å². The summed E-state index contributed by atoms with van der Waals surface area (Å²) in [6, 6.07) is 9.17. The first-order valence-electron chi connectivity index (χ1n) is 6.94. The largest absolute Gasteiger partial charge is 0.459 e. The van der Waals surface area contributed by atoms with Gasteiger partial charge in [-0.25, -0.2) is 4.98 Å². The van der Waals surface area contributed by atoms with Crippen molar-refractivity contribution in [1.82, 2.24) is 10.3 Å². The smallest absolute Gasteiger partial charge is 0.325 e. The number of ether oxygens (including phenoxy) is 1. The quantitative estimate of drug-likeness (QED) is 0.693. The van der Waals surface area contributed by atoms with Gasteiger partial charge in [0.1, 0.15) is 17.7 Å². The predicted molar refractivity (Wildman–Crippen MR) is 77.4 cm³/mol. The maximum Gasteiger partial charge on any atom is 0.325 e. The van der Waals surface area contributed by atoms with Crippen LogP contribution in [0.2, 0.25) is 0 Å². The SMILES string of the molecule is CC(C)(C)OC(=O)[C@@H]1N[C@H]1c1ncc(-c2ccccc2)o1. The molecule has 3 rings (SSSR count). The molecule has 0 radical (unpaired) electrons. The van der Waals surface area contributed by atoms with E-state index in [-0.39, 0.29) is 18.1 Å². The minimum absolute atomic E-state index is 0.197. The van der Waals surface area contributed by atoms with Crippen LogP contribution in [0.25, 0.3) is 11.3 Å². The molecular formula is C16H18N2O3. The van der Waals surface area contributed by atoms with Crippen molar-refractivity contribution >= 4 is 5.97 Å². The highest BCUT2D eigenvalue weighted by molar-refractivity contribution is 5.80. The molecule has 2 heterocycles. The van der Waals surface area contributed by atoms with E-state index in [2.05, 4.69) is 10.3 Å². The number of carbonyl (C=O) groups excluding carboxylic acids is 1. The van der Waals surface area contributed by atoms with Crippen LogP contribution in [0.5, 0.6) is 0 Å². The molecule has 0 amide bonds. The highest BCUT2D eigenvalue weighted by Crippen LogP contribution is 2.33. The first kappa shape index (κ1) is 13.8. The van der Waals surface area contributed by atoms with Gasteiger partial charge in [0.25, 0.3) is 0 Å². The molecule has 5 heteroatoms. The predicted octanol–water partition coefficient (Wildman–Crippen LogP) is 2.70. The molecule has 1 aliphatic heterocycles. The summed E-state index contributed by atoms with van der Waals surface area (Å²) in [6.07, 6.45) is 1.68. The first-order valence-corrected chi connectivity index (χ1v) is 6.94. The molecule has 2 atom stereocenters. The highest BCUT2D eigenvalue weighted by Gasteiger charge is 2.48. The van der Waals surface area contributed by atoms with Crippen LogP contribution in [0.15, 0.2) is 40.9 Å². The van der Waals surface area contributed by atoms with E-state index >= 15 is 0 Å². The molecule has 1 N–H and O–H groups in total. The Morgan fingerprint density at radius 2 is 2.00 bits per heavy atom. The molecule has 0 saturated carbocycles. The van der Waals surface area contributed by atoms with Crippen molar-refractivity contribution < 1.29 is 13.9 Å². The lowest BCUT2D eigenvalue weighted by Gasteiger charge is -2.18. The number of nitrogens with one attached hydrogen (secondary N) is 1. The fourth-order valence-electron chi connectivity index (χ4n) is 2.09. The number of oxazole rings is 1. The van der Waals surface area contributed by atoms with Crippen LogP contribution in [0, 0.1) is 0 Å². The summed E-state index contributed by atoms with van der Waals surface area (Å²) in [4.78, 5) is 16.2. The van der Waals surface area contributed by atoms with Gasteiger partial charge in [-0.15, -0.1) is 0 Å². The van der Waals surface area contributed by atoms with Crippen LogP contribution in [-0.4, -0.2) is 22.6 Å². The zero-order valence-electron chi connectivity index (χ0n) is 12.3. The van der Waals surface area contributed by atoms with Gasteiger partial charge in [-0.2, -0.15) is 0 Å². The summed E-state index contributed by atoms with van der Waals surface area (Å²) in [7, 11) is 0. The number of hydrogen-bond acceptors (Lipinski definition) is 5. The van der Waals surface area contributed by atoms with Gasteiger partial charge < -0.3 is 9.15 Å². The number of carbonyl (C=O) groups is 1. The summed E-state index contributed by atoms with van der Waals surface area (Å²) in [6.45, 7) is 5.54. The fourth-order valence-corrected chi connectivity index (χ4v) is 2.09. The zero-order valence-corrected chi connectivity index (χ0v) is 12.3. The maximum atomic E-state index is 11.9. The number of esters is 1. The molecule has 110 valence electrons. The lowest BCUT2D eigenvalue weighted by molar-refractivity contribution is -0.154. The molecule has 0 unspecified atom stereocenters. The van der Waals surface area contributed by atoms with Crippen LogP contribution in [0.4, 0.5) is 0 Å². The van der Waals surface area contributed by atoms with Gasteiger partial charge in [-0.05, 0) is 20.8 Å². The zero-order chi connectivity index (χ0) is 15.0. The lowest BCUT2D eigenvalue weighted by atomic mass is 10.2. The second-order valence-corrected chi connectivity index (χ2v) is 6.08. The summed E-state index contributed by atoms with van der Waals surface area (Å²) in [5.41, 5.74) is 0.475. The normalized spacial score (nSPS) is 21.1. The Morgan fingerprint density at radius 1 is 1.29 bits per heavy atom. The molecule has 0 bridgehead atoms. The van der Waals surface area contributed by atoms with Gasteiger partial charge in [0, 0.05) is 5.56 Å². The third kappa shape index (κ3) is 3.13.